The molecule has 0 saturated carbocycles. The third kappa shape index (κ3) is 3.15. The van der Waals surface area contributed by atoms with Crippen molar-refractivity contribution in [2.24, 2.45) is 5.73 Å². The zero-order chi connectivity index (χ0) is 17.1. The zero-order valence-electron chi connectivity index (χ0n) is 14.7. The average molecular weight is 319 g/mol. The van der Waals surface area contributed by atoms with Gasteiger partial charge in [-0.3, -0.25) is 0 Å². The summed E-state index contributed by atoms with van der Waals surface area (Å²) in [6.07, 6.45) is 0.878. The van der Waals surface area contributed by atoms with Gasteiger partial charge in [0, 0.05) is 11.5 Å². The van der Waals surface area contributed by atoms with E-state index in [4.69, 9.17) is 10.5 Å². The highest BCUT2D eigenvalue weighted by molar-refractivity contribution is 5.87. The first-order chi connectivity index (χ1) is 11.6. The maximum absolute atomic E-state index is 6.14. The van der Waals surface area contributed by atoms with Gasteiger partial charge in [0.1, 0.15) is 5.75 Å². The molecule has 24 heavy (non-hydrogen) atoms. The molecule has 3 aromatic rings. The number of hydrogen-bond donors (Lipinski definition) is 1. The van der Waals surface area contributed by atoms with Crippen LogP contribution >= 0.6 is 0 Å². The summed E-state index contributed by atoms with van der Waals surface area (Å²) in [5, 5.41) is 2.49. The SMILES string of the molecule is COc1ccc2ccccc2c1CC(CN)c1ccc(C)c(C)c1. The Morgan fingerprint density at radius 2 is 1.75 bits per heavy atom. The van der Waals surface area contributed by atoms with Gasteiger partial charge >= 0.3 is 0 Å². The lowest BCUT2D eigenvalue weighted by Crippen LogP contribution is -2.16. The number of methoxy groups -OCH3 is 1. The Labute approximate surface area is 144 Å². The van der Waals surface area contributed by atoms with Crippen LogP contribution in [-0.2, 0) is 6.42 Å². The van der Waals surface area contributed by atoms with Crippen LogP contribution < -0.4 is 10.5 Å². The standard InChI is InChI=1S/C22H25NO/c1-15-8-9-18(12-16(15)2)19(14-23)13-21-20-7-5-4-6-17(20)10-11-22(21)24-3/h4-12,19H,13-14,23H2,1-3H3. The van der Waals surface area contributed by atoms with Crippen LogP contribution in [0.1, 0.15) is 28.2 Å². The molecule has 0 aliphatic carbocycles. The van der Waals surface area contributed by atoms with Crippen molar-refractivity contribution in [2.45, 2.75) is 26.2 Å². The maximum atomic E-state index is 6.14. The van der Waals surface area contributed by atoms with Crippen LogP contribution in [0.4, 0.5) is 0 Å². The Morgan fingerprint density at radius 3 is 2.46 bits per heavy atom. The number of hydrogen-bond acceptors (Lipinski definition) is 2. The third-order valence-corrected chi connectivity index (χ3v) is 4.95. The Balaban J connectivity index is 2.04. The van der Waals surface area contributed by atoms with E-state index in [9.17, 15) is 0 Å². The van der Waals surface area contributed by atoms with Crippen molar-refractivity contribution in [2.75, 3.05) is 13.7 Å². The first-order valence-corrected chi connectivity index (χ1v) is 8.46. The van der Waals surface area contributed by atoms with Crippen molar-refractivity contribution in [3.05, 3.63) is 76.9 Å². The van der Waals surface area contributed by atoms with Gasteiger partial charge in [-0.15, -0.1) is 0 Å². The van der Waals surface area contributed by atoms with E-state index in [1.807, 2.05) is 0 Å². The Morgan fingerprint density at radius 1 is 0.958 bits per heavy atom. The van der Waals surface area contributed by atoms with E-state index in [0.717, 1.165) is 12.2 Å². The molecule has 2 heteroatoms. The molecule has 3 rings (SSSR count). The summed E-state index contributed by atoms with van der Waals surface area (Å²) in [4.78, 5) is 0. The number of rotatable bonds is 5. The predicted octanol–water partition coefficient (Wildman–Crippen LogP) is 4.75. The van der Waals surface area contributed by atoms with Gasteiger partial charge in [-0.25, -0.2) is 0 Å². The molecule has 0 aromatic heterocycles. The largest absolute Gasteiger partial charge is 0.496 e. The zero-order valence-corrected chi connectivity index (χ0v) is 14.7. The quantitative estimate of drug-likeness (QED) is 0.736. The predicted molar refractivity (Wildman–Crippen MR) is 102 cm³/mol. The van der Waals surface area contributed by atoms with Gasteiger partial charge in [0.15, 0.2) is 0 Å². The Hall–Kier alpha value is -2.32. The molecule has 0 saturated heterocycles. The van der Waals surface area contributed by atoms with E-state index in [0.29, 0.717) is 6.54 Å². The number of nitrogens with two attached hydrogens (primary N) is 1. The van der Waals surface area contributed by atoms with Gasteiger partial charge in [-0.05, 0) is 60.3 Å². The molecule has 2 nitrogen and oxygen atoms in total. The van der Waals surface area contributed by atoms with Crippen molar-refractivity contribution < 1.29 is 4.74 Å². The van der Waals surface area contributed by atoms with Crippen LogP contribution in [0, 0.1) is 13.8 Å². The minimum atomic E-state index is 0.281. The molecule has 2 N–H and O–H groups in total. The maximum Gasteiger partial charge on any atom is 0.122 e. The van der Waals surface area contributed by atoms with Crippen LogP contribution in [0.15, 0.2) is 54.6 Å². The van der Waals surface area contributed by atoms with Crippen molar-refractivity contribution in [3.8, 4) is 5.75 Å². The summed E-state index contributed by atoms with van der Waals surface area (Å²) >= 11 is 0. The normalized spacial score (nSPS) is 12.3. The van der Waals surface area contributed by atoms with E-state index < -0.39 is 0 Å². The molecule has 0 radical (unpaired) electrons. The number of benzene rings is 3. The van der Waals surface area contributed by atoms with E-state index in [2.05, 4.69) is 68.4 Å². The smallest absolute Gasteiger partial charge is 0.122 e. The van der Waals surface area contributed by atoms with E-state index in [1.54, 1.807) is 7.11 Å². The minimum absolute atomic E-state index is 0.281. The fourth-order valence-electron chi connectivity index (χ4n) is 3.32. The average Bonchev–Trinajstić information content (AvgIpc) is 2.62. The molecule has 0 spiro atoms. The molecule has 1 atom stereocenters. The van der Waals surface area contributed by atoms with Gasteiger partial charge in [-0.2, -0.15) is 0 Å². The highest BCUT2D eigenvalue weighted by Gasteiger charge is 2.16. The summed E-state index contributed by atoms with van der Waals surface area (Å²) < 4.78 is 5.64. The van der Waals surface area contributed by atoms with Gasteiger partial charge in [-0.1, -0.05) is 48.5 Å². The van der Waals surface area contributed by atoms with Gasteiger partial charge in [0.25, 0.3) is 0 Å². The molecule has 1 unspecified atom stereocenters. The third-order valence-electron chi connectivity index (χ3n) is 4.95. The highest BCUT2D eigenvalue weighted by atomic mass is 16.5. The van der Waals surface area contributed by atoms with E-state index in [-0.39, 0.29) is 5.92 Å². The summed E-state index contributed by atoms with van der Waals surface area (Å²) in [7, 11) is 1.74. The monoisotopic (exact) mass is 319 g/mol. The first kappa shape index (κ1) is 16.5. The van der Waals surface area contributed by atoms with Crippen LogP contribution in [-0.4, -0.2) is 13.7 Å². The number of ether oxygens (including phenoxy) is 1. The van der Waals surface area contributed by atoms with Crippen molar-refractivity contribution in [1.29, 1.82) is 0 Å². The summed E-state index contributed by atoms with van der Waals surface area (Å²) in [5.74, 6) is 1.22. The molecule has 0 fully saturated rings. The van der Waals surface area contributed by atoms with Crippen LogP contribution in [0.3, 0.4) is 0 Å². The number of aryl methyl sites for hydroxylation is 2. The summed E-state index contributed by atoms with van der Waals surface area (Å²) in [5.41, 5.74) is 11.3. The van der Waals surface area contributed by atoms with Gasteiger partial charge in [0.2, 0.25) is 0 Å². The lowest BCUT2D eigenvalue weighted by atomic mass is 9.88. The second-order valence-corrected chi connectivity index (χ2v) is 6.45. The fourth-order valence-corrected chi connectivity index (χ4v) is 3.32. The Bertz CT molecular complexity index is 854. The van der Waals surface area contributed by atoms with Crippen molar-refractivity contribution in [1.82, 2.24) is 0 Å². The molecule has 0 heterocycles. The molecule has 3 aromatic carbocycles. The van der Waals surface area contributed by atoms with Crippen LogP contribution in [0.25, 0.3) is 10.8 Å². The second kappa shape index (κ2) is 7.06. The van der Waals surface area contributed by atoms with Crippen LogP contribution in [0.2, 0.25) is 0 Å². The Kier molecular flexibility index (Phi) is 4.86. The highest BCUT2D eigenvalue weighted by Crippen LogP contribution is 2.33. The second-order valence-electron chi connectivity index (χ2n) is 6.45. The molecule has 124 valence electrons. The lowest BCUT2D eigenvalue weighted by Gasteiger charge is -2.20. The number of fused-ring (bicyclic) bond motifs is 1. The minimum Gasteiger partial charge on any atom is -0.496 e. The van der Waals surface area contributed by atoms with Crippen molar-refractivity contribution >= 4 is 10.8 Å². The molecule has 0 aliphatic heterocycles. The topological polar surface area (TPSA) is 35.2 Å². The lowest BCUT2D eigenvalue weighted by molar-refractivity contribution is 0.409. The molecular weight excluding hydrogens is 294 g/mol. The van der Waals surface area contributed by atoms with E-state index in [1.165, 1.54) is 33.0 Å². The molecule has 0 aliphatic rings. The summed E-state index contributed by atoms with van der Waals surface area (Å²) in [6, 6.07) is 19.3. The van der Waals surface area contributed by atoms with Gasteiger partial charge < -0.3 is 10.5 Å². The van der Waals surface area contributed by atoms with Crippen LogP contribution in [0.5, 0.6) is 5.75 Å². The van der Waals surface area contributed by atoms with Crippen molar-refractivity contribution in [3.63, 3.8) is 0 Å². The van der Waals surface area contributed by atoms with E-state index >= 15 is 0 Å². The fraction of sp³-hybridized carbons (Fsp3) is 0.273. The first-order valence-electron chi connectivity index (χ1n) is 8.46. The molecular formula is C22H25NO. The summed E-state index contributed by atoms with van der Waals surface area (Å²) in [6.45, 7) is 4.92. The molecule has 0 bridgehead atoms. The molecule has 0 amide bonds. The van der Waals surface area contributed by atoms with Gasteiger partial charge in [0.05, 0.1) is 7.11 Å².